The topological polar surface area (TPSA) is 56.7 Å². The number of rotatable bonds is 3. The summed E-state index contributed by atoms with van der Waals surface area (Å²) in [6.45, 7) is 7.43. The lowest BCUT2D eigenvalue weighted by Crippen LogP contribution is -2.46. The summed E-state index contributed by atoms with van der Waals surface area (Å²) >= 11 is 1.70. The van der Waals surface area contributed by atoms with Crippen LogP contribution in [0.15, 0.2) is 0 Å². The third kappa shape index (κ3) is 2.54. The summed E-state index contributed by atoms with van der Waals surface area (Å²) in [5, 5.41) is 10.3. The molecule has 1 aliphatic carbocycles. The molecule has 1 fully saturated rings. The first-order valence-electron chi connectivity index (χ1n) is 7.38. The van der Waals surface area contributed by atoms with Gasteiger partial charge in [-0.2, -0.15) is 0 Å². The fourth-order valence-electron chi connectivity index (χ4n) is 3.04. The monoisotopic (exact) mass is 295 g/mol. The van der Waals surface area contributed by atoms with E-state index < -0.39 is 5.97 Å². The number of likely N-dealkylation sites (N-methyl/N-ethyl adjacent to an activating group) is 1. The molecule has 0 saturated carbocycles. The van der Waals surface area contributed by atoms with Crippen LogP contribution in [-0.4, -0.2) is 53.7 Å². The van der Waals surface area contributed by atoms with Crippen LogP contribution in [0.2, 0.25) is 0 Å². The van der Waals surface area contributed by atoms with Crippen LogP contribution in [0.1, 0.15) is 36.3 Å². The molecule has 2 heterocycles. The van der Waals surface area contributed by atoms with Gasteiger partial charge in [0.1, 0.15) is 5.92 Å². The molecule has 2 aliphatic rings. The van der Waals surface area contributed by atoms with E-state index >= 15 is 0 Å². The van der Waals surface area contributed by atoms with Crippen LogP contribution in [0, 0.1) is 0 Å². The summed E-state index contributed by atoms with van der Waals surface area (Å²) in [7, 11) is 0. The standard InChI is InChI=1S/C14H21N3O2S/c1-2-16-6-8-17(9-7-16)14-15-12-10(13(18)19)4-3-5-11(12)20-14/h10H,2-9H2,1H3,(H,18,19). The molecule has 20 heavy (non-hydrogen) atoms. The van der Waals surface area contributed by atoms with E-state index in [1.54, 1.807) is 11.3 Å². The lowest BCUT2D eigenvalue weighted by molar-refractivity contribution is -0.139. The molecule has 6 heteroatoms. The highest BCUT2D eigenvalue weighted by Crippen LogP contribution is 2.38. The van der Waals surface area contributed by atoms with E-state index in [0.29, 0.717) is 0 Å². The van der Waals surface area contributed by atoms with Crippen LogP contribution in [-0.2, 0) is 11.2 Å². The first-order valence-corrected chi connectivity index (χ1v) is 8.20. The molecule has 0 aromatic carbocycles. The number of hydrogen-bond acceptors (Lipinski definition) is 5. The van der Waals surface area contributed by atoms with Gasteiger partial charge >= 0.3 is 5.97 Å². The van der Waals surface area contributed by atoms with E-state index in [1.807, 2.05) is 0 Å². The minimum absolute atomic E-state index is 0.388. The van der Waals surface area contributed by atoms with E-state index in [2.05, 4.69) is 21.7 Å². The molecule has 1 aromatic rings. The zero-order valence-corrected chi connectivity index (χ0v) is 12.7. The number of aryl methyl sites for hydroxylation is 1. The lowest BCUT2D eigenvalue weighted by Gasteiger charge is -2.33. The zero-order valence-electron chi connectivity index (χ0n) is 11.8. The molecule has 0 spiro atoms. The van der Waals surface area contributed by atoms with E-state index in [-0.39, 0.29) is 5.92 Å². The maximum atomic E-state index is 11.3. The number of aromatic nitrogens is 1. The van der Waals surface area contributed by atoms with E-state index in [9.17, 15) is 9.90 Å². The highest BCUT2D eigenvalue weighted by atomic mass is 32.1. The number of piperazine rings is 1. The van der Waals surface area contributed by atoms with Crippen LogP contribution in [0.5, 0.6) is 0 Å². The van der Waals surface area contributed by atoms with Crippen molar-refractivity contribution in [2.45, 2.75) is 32.1 Å². The average Bonchev–Trinajstić information content (AvgIpc) is 2.90. The lowest BCUT2D eigenvalue weighted by atomic mass is 9.91. The van der Waals surface area contributed by atoms with Crippen molar-refractivity contribution >= 4 is 22.4 Å². The van der Waals surface area contributed by atoms with Crippen molar-refractivity contribution in [3.05, 3.63) is 10.6 Å². The Bertz CT molecular complexity index is 495. The zero-order chi connectivity index (χ0) is 14.1. The number of aliphatic carboxylic acids is 1. The molecule has 1 unspecified atom stereocenters. The van der Waals surface area contributed by atoms with E-state index in [0.717, 1.165) is 62.8 Å². The van der Waals surface area contributed by atoms with E-state index in [1.165, 1.54) is 4.88 Å². The van der Waals surface area contributed by atoms with Gasteiger partial charge in [-0.25, -0.2) is 4.98 Å². The van der Waals surface area contributed by atoms with Gasteiger partial charge in [-0.05, 0) is 25.8 Å². The number of carbonyl (C=O) groups is 1. The van der Waals surface area contributed by atoms with Crippen LogP contribution < -0.4 is 4.90 Å². The number of thiazole rings is 1. The number of hydrogen-bond donors (Lipinski definition) is 1. The van der Waals surface area contributed by atoms with Crippen molar-refractivity contribution in [1.82, 2.24) is 9.88 Å². The highest BCUT2D eigenvalue weighted by Gasteiger charge is 2.31. The second-order valence-corrected chi connectivity index (χ2v) is 6.57. The fraction of sp³-hybridized carbons (Fsp3) is 0.714. The molecule has 1 saturated heterocycles. The number of carboxylic acid groups (broad SMARTS) is 1. The minimum Gasteiger partial charge on any atom is -0.481 e. The Balaban J connectivity index is 1.78. The van der Waals surface area contributed by atoms with Gasteiger partial charge in [-0.3, -0.25) is 4.79 Å². The molecular formula is C14H21N3O2S. The predicted molar refractivity (Wildman–Crippen MR) is 79.8 cm³/mol. The van der Waals surface area contributed by atoms with Crippen LogP contribution in [0.4, 0.5) is 5.13 Å². The van der Waals surface area contributed by atoms with Gasteiger partial charge in [-0.15, -0.1) is 11.3 Å². The van der Waals surface area contributed by atoms with Gasteiger partial charge in [0.15, 0.2) is 5.13 Å². The van der Waals surface area contributed by atoms with Crippen molar-refractivity contribution in [3.63, 3.8) is 0 Å². The predicted octanol–water partition coefficient (Wildman–Crippen LogP) is 1.79. The molecule has 0 bridgehead atoms. The van der Waals surface area contributed by atoms with Gasteiger partial charge in [0, 0.05) is 31.1 Å². The van der Waals surface area contributed by atoms with Gasteiger partial charge in [0.2, 0.25) is 0 Å². The van der Waals surface area contributed by atoms with Crippen molar-refractivity contribution in [3.8, 4) is 0 Å². The first kappa shape index (κ1) is 13.8. The third-order valence-electron chi connectivity index (χ3n) is 4.33. The molecule has 3 rings (SSSR count). The Labute approximate surface area is 123 Å². The molecule has 1 N–H and O–H groups in total. The number of carboxylic acids is 1. The molecule has 1 atom stereocenters. The van der Waals surface area contributed by atoms with Gasteiger partial charge < -0.3 is 14.9 Å². The molecular weight excluding hydrogens is 274 g/mol. The third-order valence-corrected chi connectivity index (χ3v) is 5.52. The maximum absolute atomic E-state index is 11.3. The van der Waals surface area contributed by atoms with Gasteiger partial charge in [0.05, 0.1) is 5.69 Å². The second kappa shape index (κ2) is 5.69. The second-order valence-electron chi connectivity index (χ2n) is 5.51. The van der Waals surface area contributed by atoms with Gasteiger partial charge in [0.25, 0.3) is 0 Å². The molecule has 5 nitrogen and oxygen atoms in total. The summed E-state index contributed by atoms with van der Waals surface area (Å²) in [4.78, 5) is 21.9. The largest absolute Gasteiger partial charge is 0.481 e. The van der Waals surface area contributed by atoms with Crippen LogP contribution >= 0.6 is 11.3 Å². The number of anilines is 1. The Morgan fingerprint density at radius 3 is 2.80 bits per heavy atom. The summed E-state index contributed by atoms with van der Waals surface area (Å²) in [6.07, 6.45) is 2.69. The fourth-order valence-corrected chi connectivity index (χ4v) is 4.25. The first-order chi connectivity index (χ1) is 9.69. The normalized spacial score (nSPS) is 23.6. The quantitative estimate of drug-likeness (QED) is 0.921. The molecule has 1 aromatic heterocycles. The van der Waals surface area contributed by atoms with Crippen LogP contribution in [0.3, 0.4) is 0 Å². The highest BCUT2D eigenvalue weighted by molar-refractivity contribution is 7.15. The van der Waals surface area contributed by atoms with Crippen LogP contribution in [0.25, 0.3) is 0 Å². The van der Waals surface area contributed by atoms with Crippen molar-refractivity contribution in [2.24, 2.45) is 0 Å². The Hall–Kier alpha value is -1.14. The molecule has 0 amide bonds. The minimum atomic E-state index is -0.724. The summed E-state index contributed by atoms with van der Waals surface area (Å²) < 4.78 is 0. The summed E-state index contributed by atoms with van der Waals surface area (Å²) in [5.41, 5.74) is 0.835. The summed E-state index contributed by atoms with van der Waals surface area (Å²) in [6, 6.07) is 0. The van der Waals surface area contributed by atoms with Gasteiger partial charge in [-0.1, -0.05) is 6.92 Å². The summed E-state index contributed by atoms with van der Waals surface area (Å²) in [5.74, 6) is -1.11. The Kier molecular flexibility index (Phi) is 3.94. The Morgan fingerprint density at radius 1 is 1.40 bits per heavy atom. The molecule has 1 aliphatic heterocycles. The number of fused-ring (bicyclic) bond motifs is 1. The smallest absolute Gasteiger partial charge is 0.312 e. The molecule has 110 valence electrons. The Morgan fingerprint density at radius 2 is 2.15 bits per heavy atom. The average molecular weight is 295 g/mol. The molecule has 0 radical (unpaired) electrons. The maximum Gasteiger partial charge on any atom is 0.312 e. The van der Waals surface area contributed by atoms with Crippen molar-refractivity contribution < 1.29 is 9.90 Å². The van der Waals surface area contributed by atoms with Crippen molar-refractivity contribution in [2.75, 3.05) is 37.6 Å². The van der Waals surface area contributed by atoms with Crippen molar-refractivity contribution in [1.29, 1.82) is 0 Å². The number of nitrogens with zero attached hydrogens (tertiary/aromatic N) is 3. The van der Waals surface area contributed by atoms with E-state index in [4.69, 9.17) is 0 Å². The SMILES string of the molecule is CCN1CCN(c2nc3c(s2)CCCC3C(=O)O)CC1.